The number of unbranched alkanes of at least 4 members (excludes halogenated alkanes) is 15. The fourth-order valence-electron chi connectivity index (χ4n) is 3.61. The van der Waals surface area contributed by atoms with Gasteiger partial charge in [-0.05, 0) is 11.6 Å². The van der Waals surface area contributed by atoms with Gasteiger partial charge in [-0.3, -0.25) is 0 Å². The normalized spacial score (nSPS) is 15.3. The van der Waals surface area contributed by atoms with E-state index < -0.39 is 0 Å². The fraction of sp³-hybridized carbons (Fsp3) is 0.875. The first-order valence-electron chi connectivity index (χ1n) is 12.5. The lowest BCUT2D eigenvalue weighted by atomic mass is 10.0. The molecule has 1 aromatic heterocycles. The van der Waals surface area contributed by atoms with Crippen molar-refractivity contribution in [2.24, 2.45) is 0 Å². The van der Waals surface area contributed by atoms with Crippen molar-refractivity contribution in [2.45, 2.75) is 116 Å². The van der Waals surface area contributed by atoms with Gasteiger partial charge in [-0.1, -0.05) is 108 Å². The van der Waals surface area contributed by atoms with Crippen LogP contribution in [0.5, 0.6) is 11.6 Å². The van der Waals surface area contributed by atoms with Crippen LogP contribution in [0.2, 0.25) is 0 Å². The summed E-state index contributed by atoms with van der Waals surface area (Å²) in [5.41, 5.74) is 0. The summed E-state index contributed by atoms with van der Waals surface area (Å²) in [6, 6.07) is 0. The first-order chi connectivity index (χ1) is 14.9. The molecule has 0 saturated carbocycles. The van der Waals surface area contributed by atoms with E-state index in [1.165, 1.54) is 96.3 Å². The van der Waals surface area contributed by atoms with Gasteiger partial charge in [-0.2, -0.15) is 0 Å². The predicted molar refractivity (Wildman–Crippen MR) is 120 cm³/mol. The van der Waals surface area contributed by atoms with Gasteiger partial charge in [0, 0.05) is 0 Å². The van der Waals surface area contributed by atoms with Gasteiger partial charge in [0.2, 0.25) is 5.75 Å². The van der Waals surface area contributed by atoms with Crippen LogP contribution in [0.1, 0.15) is 110 Å². The van der Waals surface area contributed by atoms with Crippen LogP contribution >= 0.6 is 0 Å². The lowest BCUT2D eigenvalue weighted by Gasteiger charge is -2.09. The Morgan fingerprint density at radius 1 is 0.800 bits per heavy atom. The van der Waals surface area contributed by atoms with E-state index in [1.54, 1.807) is 6.20 Å². The van der Waals surface area contributed by atoms with Crippen LogP contribution in [-0.2, 0) is 4.74 Å². The van der Waals surface area contributed by atoms with E-state index in [0.29, 0.717) is 24.8 Å². The van der Waals surface area contributed by atoms with Gasteiger partial charge in [0.15, 0.2) is 0 Å². The quantitative estimate of drug-likeness (QED) is 0.172. The zero-order chi connectivity index (χ0) is 21.1. The highest BCUT2D eigenvalue weighted by atomic mass is 16.6. The Kier molecular flexibility index (Phi) is 14.3. The van der Waals surface area contributed by atoms with Crippen LogP contribution < -0.4 is 9.47 Å². The number of epoxide rings is 1. The van der Waals surface area contributed by atoms with Crippen molar-refractivity contribution in [1.82, 2.24) is 15.4 Å². The van der Waals surface area contributed by atoms with Crippen molar-refractivity contribution >= 4 is 0 Å². The zero-order valence-electron chi connectivity index (χ0n) is 19.2. The molecule has 0 amide bonds. The van der Waals surface area contributed by atoms with Gasteiger partial charge < -0.3 is 14.2 Å². The maximum Gasteiger partial charge on any atom is 0.279 e. The summed E-state index contributed by atoms with van der Waals surface area (Å²) >= 11 is 0. The highest BCUT2D eigenvalue weighted by molar-refractivity contribution is 5.28. The number of ether oxygens (including phenoxy) is 3. The maximum absolute atomic E-state index is 5.73. The second-order valence-electron chi connectivity index (χ2n) is 8.52. The van der Waals surface area contributed by atoms with Gasteiger partial charge in [-0.25, -0.2) is 0 Å². The summed E-state index contributed by atoms with van der Waals surface area (Å²) in [5, 5.41) is 11.3. The summed E-state index contributed by atoms with van der Waals surface area (Å²) in [6.07, 6.45) is 23.6. The minimum absolute atomic E-state index is 0.200. The van der Waals surface area contributed by atoms with Gasteiger partial charge in [-0.15, -0.1) is 5.10 Å². The molecule has 0 bridgehead atoms. The minimum Gasteiger partial charge on any atom is -0.484 e. The molecule has 6 heteroatoms. The Morgan fingerprint density at radius 3 is 1.87 bits per heavy atom. The highest BCUT2D eigenvalue weighted by Gasteiger charge is 2.24. The molecule has 1 fully saturated rings. The first kappa shape index (κ1) is 24.8. The van der Waals surface area contributed by atoms with Gasteiger partial charge in [0.1, 0.15) is 12.7 Å². The number of hydrogen-bond donors (Lipinski definition) is 0. The van der Waals surface area contributed by atoms with Crippen molar-refractivity contribution in [3.63, 3.8) is 0 Å². The molecule has 172 valence electrons. The van der Waals surface area contributed by atoms with E-state index in [-0.39, 0.29) is 6.10 Å². The van der Waals surface area contributed by atoms with E-state index in [4.69, 9.17) is 14.2 Å². The molecule has 1 aromatic rings. The molecule has 0 N–H and O–H groups in total. The number of hydrogen-bond acceptors (Lipinski definition) is 6. The minimum atomic E-state index is 0.200. The summed E-state index contributed by atoms with van der Waals surface area (Å²) in [7, 11) is 0. The Labute approximate surface area is 183 Å². The van der Waals surface area contributed by atoms with Gasteiger partial charge in [0.25, 0.3) is 5.88 Å². The van der Waals surface area contributed by atoms with E-state index >= 15 is 0 Å². The summed E-state index contributed by atoms with van der Waals surface area (Å²) in [5.74, 6) is 0.989. The first-order valence-corrected chi connectivity index (χ1v) is 12.5. The predicted octanol–water partition coefficient (Wildman–Crippen LogP) is 6.29. The van der Waals surface area contributed by atoms with E-state index in [0.717, 1.165) is 13.0 Å². The van der Waals surface area contributed by atoms with Crippen molar-refractivity contribution in [1.29, 1.82) is 0 Å². The third kappa shape index (κ3) is 13.0. The van der Waals surface area contributed by atoms with Crippen LogP contribution in [0.25, 0.3) is 0 Å². The Morgan fingerprint density at radius 2 is 1.33 bits per heavy atom. The Hall–Kier alpha value is -1.43. The Bertz CT molecular complexity index is 526. The molecular weight excluding hydrogens is 378 g/mol. The fourth-order valence-corrected chi connectivity index (χ4v) is 3.61. The molecule has 1 saturated heterocycles. The van der Waals surface area contributed by atoms with Gasteiger partial charge >= 0.3 is 0 Å². The third-order valence-electron chi connectivity index (χ3n) is 5.64. The maximum atomic E-state index is 5.73. The van der Waals surface area contributed by atoms with Crippen LogP contribution in [0.4, 0.5) is 0 Å². The van der Waals surface area contributed by atoms with Crippen LogP contribution in [0, 0.1) is 0 Å². The molecule has 1 atom stereocenters. The van der Waals surface area contributed by atoms with Crippen molar-refractivity contribution < 1.29 is 14.2 Å². The van der Waals surface area contributed by atoms with Gasteiger partial charge in [0.05, 0.1) is 19.4 Å². The molecule has 0 aliphatic carbocycles. The molecule has 1 aliphatic rings. The molecule has 1 aliphatic heterocycles. The standard InChI is InChI=1S/C24H43N3O3/c1-2-3-4-5-6-7-8-9-10-11-12-13-14-15-16-17-18-28-24-23(19-25-27-26-24)30-21-22-20-29-22/h19,22H,2-18,20-21H2,1H3. The van der Waals surface area contributed by atoms with Crippen LogP contribution in [0.3, 0.4) is 0 Å². The van der Waals surface area contributed by atoms with Crippen LogP contribution in [-0.4, -0.2) is 41.3 Å². The molecule has 0 spiro atoms. The zero-order valence-corrected chi connectivity index (χ0v) is 19.2. The Balaban J connectivity index is 1.32. The molecule has 0 aromatic carbocycles. The van der Waals surface area contributed by atoms with Crippen molar-refractivity contribution in [3.05, 3.63) is 6.20 Å². The monoisotopic (exact) mass is 421 g/mol. The molecule has 1 unspecified atom stereocenters. The van der Waals surface area contributed by atoms with E-state index in [1.807, 2.05) is 0 Å². The average molecular weight is 422 g/mol. The molecule has 2 rings (SSSR count). The van der Waals surface area contributed by atoms with Crippen molar-refractivity contribution in [3.8, 4) is 11.6 Å². The second-order valence-corrected chi connectivity index (χ2v) is 8.52. The lowest BCUT2D eigenvalue weighted by molar-refractivity contribution is 0.229. The third-order valence-corrected chi connectivity index (χ3v) is 5.64. The summed E-state index contributed by atoms with van der Waals surface area (Å²) in [6.45, 7) is 4.21. The number of nitrogens with zero attached hydrogens (tertiary/aromatic N) is 3. The number of rotatable bonds is 21. The van der Waals surface area contributed by atoms with Crippen molar-refractivity contribution in [2.75, 3.05) is 19.8 Å². The molecule has 6 nitrogen and oxygen atoms in total. The average Bonchev–Trinajstić information content (AvgIpc) is 3.60. The smallest absolute Gasteiger partial charge is 0.279 e. The largest absolute Gasteiger partial charge is 0.484 e. The summed E-state index contributed by atoms with van der Waals surface area (Å²) in [4.78, 5) is 0. The topological polar surface area (TPSA) is 69.7 Å². The summed E-state index contributed by atoms with van der Waals surface area (Å²) < 4.78 is 16.5. The SMILES string of the molecule is CCCCCCCCCCCCCCCCCCOc1nnncc1OCC1CO1. The molecule has 30 heavy (non-hydrogen) atoms. The molecular formula is C24H43N3O3. The van der Waals surface area contributed by atoms with E-state index in [2.05, 4.69) is 22.3 Å². The lowest BCUT2D eigenvalue weighted by Crippen LogP contribution is -2.08. The second kappa shape index (κ2) is 17.3. The molecule has 0 radical (unpaired) electrons. The van der Waals surface area contributed by atoms with E-state index in [9.17, 15) is 0 Å². The molecule has 2 heterocycles. The number of aromatic nitrogens is 3. The highest BCUT2D eigenvalue weighted by Crippen LogP contribution is 2.23. The van der Waals surface area contributed by atoms with Crippen LogP contribution in [0.15, 0.2) is 6.20 Å².